The van der Waals surface area contributed by atoms with E-state index in [0.717, 1.165) is 17.4 Å². The molecule has 21 heavy (non-hydrogen) atoms. The Labute approximate surface area is 140 Å². The van der Waals surface area contributed by atoms with E-state index < -0.39 is 0 Å². The van der Waals surface area contributed by atoms with Crippen molar-refractivity contribution in [3.63, 3.8) is 0 Å². The van der Waals surface area contributed by atoms with E-state index >= 15 is 0 Å². The van der Waals surface area contributed by atoms with Crippen molar-refractivity contribution in [2.45, 2.75) is 38.6 Å². The van der Waals surface area contributed by atoms with E-state index in [-0.39, 0.29) is 5.91 Å². The Morgan fingerprint density at radius 2 is 2.29 bits per heavy atom. The van der Waals surface area contributed by atoms with Gasteiger partial charge in [0.05, 0.1) is 5.02 Å². The lowest BCUT2D eigenvalue weighted by Gasteiger charge is -2.33. The van der Waals surface area contributed by atoms with Gasteiger partial charge in [0.1, 0.15) is 0 Å². The number of nitrogens with one attached hydrogen (secondary N) is 1. The minimum absolute atomic E-state index is 0.0592. The van der Waals surface area contributed by atoms with E-state index in [2.05, 4.69) is 33.1 Å². The number of carbonyl (C=O) groups excluding carboxylic acids is 1. The van der Waals surface area contributed by atoms with Crippen LogP contribution in [0.15, 0.2) is 22.7 Å². The molecular weight excluding hydrogens is 352 g/mol. The Kier molecular flexibility index (Phi) is 6.52. The zero-order chi connectivity index (χ0) is 15.2. The highest BCUT2D eigenvalue weighted by atomic mass is 79.9. The van der Waals surface area contributed by atoms with E-state index in [1.165, 1.54) is 25.8 Å². The Morgan fingerprint density at radius 1 is 1.48 bits per heavy atom. The summed E-state index contributed by atoms with van der Waals surface area (Å²) in [6.07, 6.45) is 4.93. The van der Waals surface area contributed by atoms with Crippen LogP contribution in [0.25, 0.3) is 0 Å². The van der Waals surface area contributed by atoms with E-state index in [0.29, 0.717) is 23.2 Å². The van der Waals surface area contributed by atoms with Gasteiger partial charge in [0, 0.05) is 29.2 Å². The van der Waals surface area contributed by atoms with Crippen molar-refractivity contribution < 1.29 is 4.79 Å². The number of nitrogens with zero attached hydrogens (tertiary/aromatic N) is 1. The summed E-state index contributed by atoms with van der Waals surface area (Å²) in [5.41, 5.74) is 0.606. The number of likely N-dealkylation sites (tertiary alicyclic amines) is 1. The van der Waals surface area contributed by atoms with Crippen molar-refractivity contribution in [1.82, 2.24) is 10.2 Å². The van der Waals surface area contributed by atoms with E-state index in [4.69, 9.17) is 11.6 Å². The number of rotatable bonds is 5. The van der Waals surface area contributed by atoms with Crippen LogP contribution in [0.3, 0.4) is 0 Å². The average molecular weight is 374 g/mol. The largest absolute Gasteiger partial charge is 0.352 e. The molecule has 116 valence electrons. The van der Waals surface area contributed by atoms with Gasteiger partial charge in [-0.05, 0) is 66.9 Å². The van der Waals surface area contributed by atoms with Crippen LogP contribution in [0.1, 0.15) is 43.0 Å². The third-order valence-electron chi connectivity index (χ3n) is 4.03. The summed E-state index contributed by atoms with van der Waals surface area (Å²) in [5.74, 6) is -0.0592. The van der Waals surface area contributed by atoms with Gasteiger partial charge < -0.3 is 10.2 Å². The summed E-state index contributed by atoms with van der Waals surface area (Å²) in [4.78, 5) is 14.5. The van der Waals surface area contributed by atoms with Crippen molar-refractivity contribution in [3.8, 4) is 0 Å². The van der Waals surface area contributed by atoms with Gasteiger partial charge in [-0.2, -0.15) is 0 Å². The number of carbonyl (C=O) groups is 1. The number of hydrogen-bond donors (Lipinski definition) is 1. The predicted octanol–water partition coefficient (Wildman–Crippen LogP) is 4.10. The SMILES string of the molecule is CC1CCCCN1CCCNC(=O)c1ccc(Br)c(Cl)c1. The molecule has 2 rings (SSSR count). The lowest BCUT2D eigenvalue weighted by molar-refractivity contribution is 0.0949. The maximum absolute atomic E-state index is 12.0. The van der Waals surface area contributed by atoms with E-state index in [1.807, 2.05) is 0 Å². The van der Waals surface area contributed by atoms with Crippen molar-refractivity contribution in [2.75, 3.05) is 19.6 Å². The smallest absolute Gasteiger partial charge is 0.251 e. The van der Waals surface area contributed by atoms with Crippen LogP contribution in [-0.2, 0) is 0 Å². The molecule has 0 aliphatic carbocycles. The number of piperidine rings is 1. The van der Waals surface area contributed by atoms with Crippen molar-refractivity contribution >= 4 is 33.4 Å². The zero-order valence-electron chi connectivity index (χ0n) is 12.4. The molecule has 1 aliphatic heterocycles. The molecule has 5 heteroatoms. The second-order valence-electron chi connectivity index (χ2n) is 5.62. The van der Waals surface area contributed by atoms with E-state index in [1.54, 1.807) is 18.2 Å². The first-order valence-electron chi connectivity index (χ1n) is 7.55. The summed E-state index contributed by atoms with van der Waals surface area (Å²) in [5, 5.41) is 3.52. The quantitative estimate of drug-likeness (QED) is 0.788. The van der Waals surface area contributed by atoms with Crippen LogP contribution < -0.4 is 5.32 Å². The third-order valence-corrected chi connectivity index (χ3v) is 5.26. The van der Waals surface area contributed by atoms with Crippen LogP contribution in [0.4, 0.5) is 0 Å². The molecule has 1 amide bonds. The number of halogens is 2. The molecule has 1 N–H and O–H groups in total. The zero-order valence-corrected chi connectivity index (χ0v) is 14.7. The maximum atomic E-state index is 12.0. The third kappa shape index (κ3) is 4.97. The second-order valence-corrected chi connectivity index (χ2v) is 6.88. The first-order valence-corrected chi connectivity index (χ1v) is 8.72. The van der Waals surface area contributed by atoms with Crippen LogP contribution in [0, 0.1) is 0 Å². The molecule has 1 aromatic carbocycles. The molecule has 1 aromatic rings. The molecule has 0 aromatic heterocycles. The Balaban J connectivity index is 1.72. The van der Waals surface area contributed by atoms with Gasteiger partial charge in [-0.3, -0.25) is 4.79 Å². The van der Waals surface area contributed by atoms with Gasteiger partial charge in [-0.1, -0.05) is 18.0 Å². The summed E-state index contributed by atoms with van der Waals surface area (Å²) in [6.45, 7) is 5.25. The van der Waals surface area contributed by atoms with Crippen LogP contribution in [0.2, 0.25) is 5.02 Å². The maximum Gasteiger partial charge on any atom is 0.251 e. The fourth-order valence-corrected chi connectivity index (χ4v) is 3.14. The molecule has 1 heterocycles. The Hall–Kier alpha value is -0.580. The molecule has 1 fully saturated rings. The predicted molar refractivity (Wildman–Crippen MR) is 91.0 cm³/mol. The lowest BCUT2D eigenvalue weighted by Crippen LogP contribution is -2.39. The first kappa shape index (κ1) is 16.8. The van der Waals surface area contributed by atoms with Gasteiger partial charge in [0.25, 0.3) is 5.91 Å². The molecule has 0 bridgehead atoms. The van der Waals surface area contributed by atoms with Gasteiger partial charge >= 0.3 is 0 Å². The van der Waals surface area contributed by atoms with Crippen molar-refractivity contribution in [1.29, 1.82) is 0 Å². The minimum atomic E-state index is -0.0592. The van der Waals surface area contributed by atoms with Gasteiger partial charge in [-0.25, -0.2) is 0 Å². The highest BCUT2D eigenvalue weighted by molar-refractivity contribution is 9.10. The highest BCUT2D eigenvalue weighted by Gasteiger charge is 2.17. The average Bonchev–Trinajstić information content (AvgIpc) is 2.48. The molecule has 0 saturated carbocycles. The topological polar surface area (TPSA) is 32.3 Å². The summed E-state index contributed by atoms with van der Waals surface area (Å²) in [6, 6.07) is 5.94. The highest BCUT2D eigenvalue weighted by Crippen LogP contribution is 2.23. The first-order chi connectivity index (χ1) is 10.1. The van der Waals surface area contributed by atoms with Crippen LogP contribution >= 0.6 is 27.5 Å². The Morgan fingerprint density at radius 3 is 3.00 bits per heavy atom. The number of hydrogen-bond acceptors (Lipinski definition) is 2. The lowest BCUT2D eigenvalue weighted by atomic mass is 10.0. The van der Waals surface area contributed by atoms with Gasteiger partial charge in [0.15, 0.2) is 0 Å². The summed E-state index contributed by atoms with van der Waals surface area (Å²) >= 11 is 9.33. The van der Waals surface area contributed by atoms with E-state index in [9.17, 15) is 4.79 Å². The standard InChI is InChI=1S/C16H22BrClN2O/c1-12-5-2-3-9-20(12)10-4-8-19-16(21)13-6-7-14(17)15(18)11-13/h6-7,11-12H,2-5,8-10H2,1H3,(H,19,21). The van der Waals surface area contributed by atoms with Gasteiger partial charge in [-0.15, -0.1) is 0 Å². The fraction of sp³-hybridized carbons (Fsp3) is 0.562. The molecule has 0 radical (unpaired) electrons. The summed E-state index contributed by atoms with van der Waals surface area (Å²) in [7, 11) is 0. The molecule has 3 nitrogen and oxygen atoms in total. The van der Waals surface area contributed by atoms with Crippen molar-refractivity contribution in [3.05, 3.63) is 33.3 Å². The van der Waals surface area contributed by atoms with Crippen LogP contribution in [0.5, 0.6) is 0 Å². The Bertz CT molecular complexity index is 495. The molecule has 1 saturated heterocycles. The second kappa shape index (κ2) is 8.16. The number of amides is 1. The minimum Gasteiger partial charge on any atom is -0.352 e. The van der Waals surface area contributed by atoms with Crippen LogP contribution in [-0.4, -0.2) is 36.5 Å². The summed E-state index contributed by atoms with van der Waals surface area (Å²) < 4.78 is 0.805. The molecule has 0 spiro atoms. The fourth-order valence-electron chi connectivity index (χ4n) is 2.71. The normalized spacial score (nSPS) is 19.5. The molecular formula is C16H22BrClN2O. The molecule has 1 unspecified atom stereocenters. The van der Waals surface area contributed by atoms with Crippen molar-refractivity contribution in [2.24, 2.45) is 0 Å². The molecule has 1 aliphatic rings. The molecule has 1 atom stereocenters. The number of benzene rings is 1. The van der Waals surface area contributed by atoms with Gasteiger partial charge in [0.2, 0.25) is 0 Å². The monoisotopic (exact) mass is 372 g/mol.